The Hall–Kier alpha value is -1.10. The Balaban J connectivity index is 1.82. The summed E-state index contributed by atoms with van der Waals surface area (Å²) in [5.74, 6) is 0.151. The summed E-state index contributed by atoms with van der Waals surface area (Å²) in [5, 5.41) is 12.3. The first-order chi connectivity index (χ1) is 10.0. The second-order valence-electron chi connectivity index (χ2n) is 6.81. The molecule has 5 heteroatoms. The summed E-state index contributed by atoms with van der Waals surface area (Å²) < 4.78 is 0. The largest absolute Gasteiger partial charge is 0.396 e. The maximum Gasteiger partial charge on any atom is 0.225 e. The van der Waals surface area contributed by atoms with Crippen LogP contribution in [0, 0.1) is 17.3 Å². The van der Waals surface area contributed by atoms with Crippen LogP contribution in [-0.4, -0.2) is 48.1 Å². The number of rotatable bonds is 6. The third-order valence-corrected chi connectivity index (χ3v) is 5.07. The lowest BCUT2D eigenvalue weighted by Crippen LogP contribution is -2.47. The summed E-state index contributed by atoms with van der Waals surface area (Å²) in [5.41, 5.74) is -0.0590. The van der Waals surface area contributed by atoms with E-state index < -0.39 is 0 Å². The first kappa shape index (κ1) is 16.3. The van der Waals surface area contributed by atoms with E-state index >= 15 is 0 Å². The monoisotopic (exact) mass is 296 g/mol. The number of hydrogen-bond donors (Lipinski definition) is 2. The lowest BCUT2D eigenvalue weighted by molar-refractivity contribution is -0.139. The molecule has 1 heterocycles. The van der Waals surface area contributed by atoms with Crippen LogP contribution in [0.5, 0.6) is 0 Å². The normalized spacial score (nSPS) is 25.3. The van der Waals surface area contributed by atoms with Gasteiger partial charge in [0.2, 0.25) is 11.8 Å². The number of nitrogens with zero attached hydrogens (tertiary/aromatic N) is 1. The maximum atomic E-state index is 12.3. The molecule has 120 valence electrons. The third-order valence-electron chi connectivity index (χ3n) is 5.07. The van der Waals surface area contributed by atoms with Gasteiger partial charge in [-0.1, -0.05) is 13.8 Å². The van der Waals surface area contributed by atoms with E-state index in [4.69, 9.17) is 0 Å². The van der Waals surface area contributed by atoms with Crippen LogP contribution in [0.3, 0.4) is 0 Å². The number of nitrogens with one attached hydrogen (secondary N) is 1. The van der Waals surface area contributed by atoms with E-state index in [0.29, 0.717) is 13.1 Å². The fourth-order valence-corrected chi connectivity index (χ4v) is 2.86. The van der Waals surface area contributed by atoms with Gasteiger partial charge >= 0.3 is 0 Å². The highest BCUT2D eigenvalue weighted by Gasteiger charge is 2.42. The summed E-state index contributed by atoms with van der Waals surface area (Å²) >= 11 is 0. The SMILES string of the molecule is CCC(C)C(=O)N1CCCC(C(=O)NCC2(CO)CC2)C1. The van der Waals surface area contributed by atoms with Crippen molar-refractivity contribution in [2.45, 2.75) is 46.0 Å². The molecule has 5 nitrogen and oxygen atoms in total. The van der Waals surface area contributed by atoms with Gasteiger partial charge in [0.1, 0.15) is 0 Å². The average molecular weight is 296 g/mol. The summed E-state index contributed by atoms with van der Waals surface area (Å²) in [6.07, 6.45) is 4.57. The number of amides is 2. The molecule has 0 spiro atoms. The zero-order chi connectivity index (χ0) is 15.5. The summed E-state index contributed by atoms with van der Waals surface area (Å²) in [6, 6.07) is 0. The van der Waals surface area contributed by atoms with Crippen molar-refractivity contribution in [2.24, 2.45) is 17.3 Å². The standard InChI is InChI=1S/C16H28N2O3/c1-3-12(2)15(21)18-8-4-5-13(9-18)14(20)17-10-16(11-19)6-7-16/h12-13,19H,3-11H2,1-2H3,(H,17,20). The smallest absolute Gasteiger partial charge is 0.225 e. The number of carbonyl (C=O) groups is 2. The van der Waals surface area contributed by atoms with Gasteiger partial charge in [0.15, 0.2) is 0 Å². The Kier molecular flexibility index (Phi) is 5.25. The minimum absolute atomic E-state index is 0.0379. The van der Waals surface area contributed by atoms with Gasteiger partial charge in [-0.2, -0.15) is 0 Å². The van der Waals surface area contributed by atoms with Crippen LogP contribution < -0.4 is 5.32 Å². The van der Waals surface area contributed by atoms with E-state index in [1.807, 2.05) is 18.7 Å². The van der Waals surface area contributed by atoms with Crippen LogP contribution in [0.25, 0.3) is 0 Å². The number of hydrogen-bond acceptors (Lipinski definition) is 3. The van der Waals surface area contributed by atoms with Crippen molar-refractivity contribution >= 4 is 11.8 Å². The predicted molar refractivity (Wildman–Crippen MR) is 80.5 cm³/mol. The van der Waals surface area contributed by atoms with E-state index in [1.165, 1.54) is 0 Å². The van der Waals surface area contributed by atoms with Crippen molar-refractivity contribution in [3.8, 4) is 0 Å². The van der Waals surface area contributed by atoms with Crippen LogP contribution >= 0.6 is 0 Å². The van der Waals surface area contributed by atoms with Crippen LogP contribution in [-0.2, 0) is 9.59 Å². The molecule has 0 bridgehead atoms. The van der Waals surface area contributed by atoms with Crippen molar-refractivity contribution in [3.63, 3.8) is 0 Å². The lowest BCUT2D eigenvalue weighted by Gasteiger charge is -2.33. The molecular weight excluding hydrogens is 268 g/mol. The fraction of sp³-hybridized carbons (Fsp3) is 0.875. The number of likely N-dealkylation sites (tertiary alicyclic amines) is 1. The zero-order valence-corrected chi connectivity index (χ0v) is 13.2. The fourth-order valence-electron chi connectivity index (χ4n) is 2.86. The Morgan fingerprint density at radius 2 is 2.14 bits per heavy atom. The van der Waals surface area contributed by atoms with Gasteiger partial charge in [-0.15, -0.1) is 0 Å². The molecule has 1 aliphatic carbocycles. The molecule has 1 saturated heterocycles. The van der Waals surface area contributed by atoms with E-state index in [-0.39, 0.29) is 35.7 Å². The summed E-state index contributed by atoms with van der Waals surface area (Å²) in [4.78, 5) is 26.3. The van der Waals surface area contributed by atoms with Gasteiger partial charge in [0.25, 0.3) is 0 Å². The van der Waals surface area contributed by atoms with Crippen LogP contribution in [0.1, 0.15) is 46.0 Å². The van der Waals surface area contributed by atoms with Crippen molar-refractivity contribution < 1.29 is 14.7 Å². The molecule has 2 aliphatic rings. The van der Waals surface area contributed by atoms with Crippen molar-refractivity contribution in [2.75, 3.05) is 26.2 Å². The zero-order valence-electron chi connectivity index (χ0n) is 13.2. The van der Waals surface area contributed by atoms with Gasteiger partial charge in [0, 0.05) is 31.0 Å². The van der Waals surface area contributed by atoms with Gasteiger partial charge in [-0.05, 0) is 32.1 Å². The average Bonchev–Trinajstić information content (AvgIpc) is 3.31. The molecule has 2 fully saturated rings. The number of carbonyl (C=O) groups excluding carboxylic acids is 2. The van der Waals surface area contributed by atoms with E-state index in [2.05, 4.69) is 5.32 Å². The van der Waals surface area contributed by atoms with E-state index in [1.54, 1.807) is 0 Å². The first-order valence-electron chi connectivity index (χ1n) is 8.18. The molecule has 1 saturated carbocycles. The molecular formula is C16H28N2O3. The van der Waals surface area contributed by atoms with Crippen LogP contribution in [0.15, 0.2) is 0 Å². The highest BCUT2D eigenvalue weighted by atomic mass is 16.3. The molecule has 1 aliphatic heterocycles. The topological polar surface area (TPSA) is 69.6 Å². The second kappa shape index (κ2) is 6.77. The number of piperidine rings is 1. The Labute approximate surface area is 127 Å². The molecule has 2 unspecified atom stereocenters. The Morgan fingerprint density at radius 1 is 1.43 bits per heavy atom. The molecule has 0 radical (unpaired) electrons. The molecule has 2 amide bonds. The van der Waals surface area contributed by atoms with Crippen LogP contribution in [0.4, 0.5) is 0 Å². The van der Waals surface area contributed by atoms with Crippen molar-refractivity contribution in [3.05, 3.63) is 0 Å². The molecule has 2 N–H and O–H groups in total. The molecule has 0 aromatic heterocycles. The number of aliphatic hydroxyl groups excluding tert-OH is 1. The molecule has 0 aromatic rings. The second-order valence-corrected chi connectivity index (χ2v) is 6.81. The third kappa shape index (κ3) is 3.96. The van der Waals surface area contributed by atoms with Gasteiger partial charge in [-0.3, -0.25) is 9.59 Å². The summed E-state index contributed by atoms with van der Waals surface area (Å²) in [6.45, 7) is 5.99. The quantitative estimate of drug-likeness (QED) is 0.773. The molecule has 0 aromatic carbocycles. The minimum Gasteiger partial charge on any atom is -0.396 e. The number of aliphatic hydroxyl groups is 1. The van der Waals surface area contributed by atoms with Gasteiger partial charge in [0.05, 0.1) is 12.5 Å². The van der Waals surface area contributed by atoms with Gasteiger partial charge < -0.3 is 15.3 Å². The Morgan fingerprint density at radius 3 is 2.71 bits per heavy atom. The molecule has 2 atom stereocenters. The minimum atomic E-state index is -0.0961. The molecule has 2 rings (SSSR count). The highest BCUT2D eigenvalue weighted by molar-refractivity contribution is 5.82. The van der Waals surface area contributed by atoms with Crippen molar-refractivity contribution in [1.82, 2.24) is 10.2 Å². The maximum absolute atomic E-state index is 12.3. The van der Waals surface area contributed by atoms with Gasteiger partial charge in [-0.25, -0.2) is 0 Å². The van der Waals surface area contributed by atoms with E-state index in [9.17, 15) is 14.7 Å². The summed E-state index contributed by atoms with van der Waals surface area (Å²) in [7, 11) is 0. The van der Waals surface area contributed by atoms with E-state index in [0.717, 1.165) is 38.6 Å². The highest BCUT2D eigenvalue weighted by Crippen LogP contribution is 2.44. The first-order valence-corrected chi connectivity index (χ1v) is 8.18. The molecule has 21 heavy (non-hydrogen) atoms. The Bertz CT molecular complexity index is 393. The van der Waals surface area contributed by atoms with Crippen molar-refractivity contribution in [1.29, 1.82) is 0 Å². The predicted octanol–water partition coefficient (Wildman–Crippen LogP) is 1.16. The van der Waals surface area contributed by atoms with Crippen LogP contribution in [0.2, 0.25) is 0 Å². The lowest BCUT2D eigenvalue weighted by atomic mass is 9.95.